The number of carbonyl (C=O) groups is 1. The first kappa shape index (κ1) is 13.1. The Morgan fingerprint density at radius 3 is 2.74 bits per heavy atom. The fourth-order valence-electron chi connectivity index (χ4n) is 1.90. The van der Waals surface area contributed by atoms with Gasteiger partial charge in [0.2, 0.25) is 0 Å². The Labute approximate surface area is 112 Å². The van der Waals surface area contributed by atoms with Gasteiger partial charge < -0.3 is 10.6 Å². The summed E-state index contributed by atoms with van der Waals surface area (Å²) in [4.78, 5) is 17.9. The van der Waals surface area contributed by atoms with Crippen molar-refractivity contribution >= 4 is 11.6 Å². The number of nitrogen functional groups attached to an aromatic ring is 1. The molecular weight excluding hydrogens is 238 g/mol. The third-order valence-corrected chi connectivity index (χ3v) is 3.10. The molecule has 1 aromatic heterocycles. The molecule has 19 heavy (non-hydrogen) atoms. The van der Waals surface area contributed by atoms with Crippen LogP contribution in [0.3, 0.4) is 0 Å². The van der Waals surface area contributed by atoms with Crippen LogP contribution in [0, 0.1) is 6.92 Å². The number of rotatable bonds is 3. The molecule has 1 heterocycles. The van der Waals surface area contributed by atoms with Crippen molar-refractivity contribution in [3.05, 3.63) is 59.4 Å². The molecule has 0 unspecified atom stereocenters. The lowest BCUT2D eigenvalue weighted by Crippen LogP contribution is -2.27. The zero-order valence-corrected chi connectivity index (χ0v) is 11.1. The van der Waals surface area contributed by atoms with Crippen LogP contribution in [0.15, 0.2) is 42.7 Å². The highest BCUT2D eigenvalue weighted by molar-refractivity contribution is 5.98. The van der Waals surface area contributed by atoms with Crippen LogP contribution in [0.25, 0.3) is 0 Å². The summed E-state index contributed by atoms with van der Waals surface area (Å²) in [5.74, 6) is -0.117. The van der Waals surface area contributed by atoms with E-state index in [-0.39, 0.29) is 5.91 Å². The number of nitrogens with two attached hydrogens (primary N) is 1. The smallest absolute Gasteiger partial charge is 0.257 e. The summed E-state index contributed by atoms with van der Waals surface area (Å²) in [6.07, 6.45) is 3.08. The zero-order chi connectivity index (χ0) is 13.8. The van der Waals surface area contributed by atoms with Crippen molar-refractivity contribution in [2.75, 3.05) is 12.8 Å². The van der Waals surface area contributed by atoms with Gasteiger partial charge in [0, 0.05) is 31.7 Å². The first-order chi connectivity index (χ1) is 9.09. The van der Waals surface area contributed by atoms with Gasteiger partial charge in [0.1, 0.15) is 0 Å². The molecule has 0 spiro atoms. The Bertz CT molecular complexity index is 595. The Hall–Kier alpha value is -2.36. The monoisotopic (exact) mass is 255 g/mol. The van der Waals surface area contributed by atoms with Crippen molar-refractivity contribution in [3.8, 4) is 0 Å². The van der Waals surface area contributed by atoms with E-state index in [1.165, 1.54) is 11.8 Å². The maximum absolute atomic E-state index is 12.3. The van der Waals surface area contributed by atoms with Crippen LogP contribution in [0.2, 0.25) is 0 Å². The lowest BCUT2D eigenvalue weighted by molar-refractivity contribution is 0.0785. The Kier molecular flexibility index (Phi) is 3.80. The van der Waals surface area contributed by atoms with Gasteiger partial charge in [0.25, 0.3) is 5.91 Å². The second-order valence-corrected chi connectivity index (χ2v) is 4.55. The molecule has 2 aromatic rings. The Morgan fingerprint density at radius 1 is 1.32 bits per heavy atom. The van der Waals surface area contributed by atoms with Crippen LogP contribution in [-0.2, 0) is 6.54 Å². The largest absolute Gasteiger partial charge is 0.398 e. The molecule has 0 aliphatic rings. The number of benzene rings is 1. The van der Waals surface area contributed by atoms with Crippen molar-refractivity contribution in [3.63, 3.8) is 0 Å². The van der Waals surface area contributed by atoms with Gasteiger partial charge in [-0.1, -0.05) is 24.3 Å². The molecule has 4 heteroatoms. The van der Waals surface area contributed by atoms with E-state index in [0.29, 0.717) is 17.8 Å². The van der Waals surface area contributed by atoms with E-state index in [2.05, 4.69) is 4.98 Å². The quantitative estimate of drug-likeness (QED) is 0.915. The third-order valence-electron chi connectivity index (χ3n) is 3.10. The molecule has 98 valence electrons. The van der Waals surface area contributed by atoms with E-state index < -0.39 is 0 Å². The standard InChI is InChI=1S/C15H17N3O/c1-11-5-3-4-6-12(11)10-18(2)15(19)13-9-17-8-7-14(13)16/h3-9H,10H2,1-2H3,(H2,16,17). The van der Waals surface area contributed by atoms with Crippen molar-refractivity contribution in [2.45, 2.75) is 13.5 Å². The fourth-order valence-corrected chi connectivity index (χ4v) is 1.90. The molecule has 4 nitrogen and oxygen atoms in total. The number of carbonyl (C=O) groups excluding carboxylic acids is 1. The van der Waals surface area contributed by atoms with E-state index >= 15 is 0 Å². The van der Waals surface area contributed by atoms with E-state index in [9.17, 15) is 4.79 Å². The summed E-state index contributed by atoms with van der Waals surface area (Å²) < 4.78 is 0. The average molecular weight is 255 g/mol. The first-order valence-corrected chi connectivity index (χ1v) is 6.09. The van der Waals surface area contributed by atoms with Gasteiger partial charge in [-0.2, -0.15) is 0 Å². The molecule has 0 aliphatic carbocycles. The molecule has 0 aliphatic heterocycles. The maximum atomic E-state index is 12.3. The number of nitrogens with zero attached hydrogens (tertiary/aromatic N) is 2. The lowest BCUT2D eigenvalue weighted by atomic mass is 10.1. The van der Waals surface area contributed by atoms with Crippen molar-refractivity contribution in [2.24, 2.45) is 0 Å². The minimum atomic E-state index is -0.117. The summed E-state index contributed by atoms with van der Waals surface area (Å²) in [5, 5.41) is 0. The number of hydrogen-bond donors (Lipinski definition) is 1. The molecular formula is C15H17N3O. The molecule has 1 aromatic carbocycles. The van der Waals surface area contributed by atoms with Crippen LogP contribution >= 0.6 is 0 Å². The van der Waals surface area contributed by atoms with E-state index in [1.54, 1.807) is 24.2 Å². The highest BCUT2D eigenvalue weighted by atomic mass is 16.2. The SMILES string of the molecule is Cc1ccccc1CN(C)C(=O)c1cnccc1N. The van der Waals surface area contributed by atoms with Gasteiger partial charge >= 0.3 is 0 Å². The second-order valence-electron chi connectivity index (χ2n) is 4.55. The zero-order valence-electron chi connectivity index (χ0n) is 11.1. The molecule has 2 rings (SSSR count). The second kappa shape index (κ2) is 5.52. The van der Waals surface area contributed by atoms with Crippen LogP contribution in [0.5, 0.6) is 0 Å². The van der Waals surface area contributed by atoms with Gasteiger partial charge in [-0.25, -0.2) is 0 Å². The van der Waals surface area contributed by atoms with E-state index in [0.717, 1.165) is 5.56 Å². The highest BCUT2D eigenvalue weighted by Crippen LogP contribution is 2.15. The molecule has 0 saturated heterocycles. The number of pyridine rings is 1. The summed E-state index contributed by atoms with van der Waals surface area (Å²) in [7, 11) is 1.77. The topological polar surface area (TPSA) is 59.2 Å². The minimum Gasteiger partial charge on any atom is -0.398 e. The Morgan fingerprint density at radius 2 is 2.05 bits per heavy atom. The van der Waals surface area contributed by atoms with Gasteiger partial charge in [0.15, 0.2) is 0 Å². The van der Waals surface area contributed by atoms with E-state index in [1.807, 2.05) is 31.2 Å². The van der Waals surface area contributed by atoms with Crippen molar-refractivity contribution in [1.82, 2.24) is 9.88 Å². The van der Waals surface area contributed by atoms with Crippen molar-refractivity contribution in [1.29, 1.82) is 0 Å². The highest BCUT2D eigenvalue weighted by Gasteiger charge is 2.15. The van der Waals surface area contributed by atoms with E-state index in [4.69, 9.17) is 5.73 Å². The average Bonchev–Trinajstić information content (AvgIpc) is 2.41. The summed E-state index contributed by atoms with van der Waals surface area (Å²) in [6.45, 7) is 2.59. The van der Waals surface area contributed by atoms with Crippen molar-refractivity contribution < 1.29 is 4.79 Å². The van der Waals surface area contributed by atoms with Gasteiger partial charge in [0.05, 0.1) is 5.56 Å². The number of hydrogen-bond acceptors (Lipinski definition) is 3. The normalized spacial score (nSPS) is 10.2. The van der Waals surface area contributed by atoms with Crippen LogP contribution in [-0.4, -0.2) is 22.8 Å². The number of aryl methyl sites for hydroxylation is 1. The van der Waals surface area contributed by atoms with Gasteiger partial charge in [-0.15, -0.1) is 0 Å². The van der Waals surface area contributed by atoms with Crippen LogP contribution in [0.1, 0.15) is 21.5 Å². The Balaban J connectivity index is 2.17. The van der Waals surface area contributed by atoms with Crippen LogP contribution < -0.4 is 5.73 Å². The van der Waals surface area contributed by atoms with Crippen LogP contribution in [0.4, 0.5) is 5.69 Å². The van der Waals surface area contributed by atoms with Gasteiger partial charge in [-0.3, -0.25) is 9.78 Å². The predicted octanol–water partition coefficient (Wildman–Crippen LogP) is 2.24. The molecule has 1 amide bonds. The lowest BCUT2D eigenvalue weighted by Gasteiger charge is -2.19. The molecule has 0 radical (unpaired) electrons. The maximum Gasteiger partial charge on any atom is 0.257 e. The number of anilines is 1. The molecule has 0 fully saturated rings. The summed E-state index contributed by atoms with van der Waals surface area (Å²) in [6, 6.07) is 9.64. The molecule has 0 atom stereocenters. The molecule has 2 N–H and O–H groups in total. The molecule has 0 bridgehead atoms. The first-order valence-electron chi connectivity index (χ1n) is 6.09. The number of aromatic nitrogens is 1. The third kappa shape index (κ3) is 2.91. The summed E-state index contributed by atoms with van der Waals surface area (Å²) in [5.41, 5.74) is 8.99. The minimum absolute atomic E-state index is 0.117. The molecule has 0 saturated carbocycles. The summed E-state index contributed by atoms with van der Waals surface area (Å²) >= 11 is 0. The predicted molar refractivity (Wildman–Crippen MR) is 75.6 cm³/mol. The number of amides is 1. The van der Waals surface area contributed by atoms with Gasteiger partial charge in [-0.05, 0) is 24.1 Å². The fraction of sp³-hybridized carbons (Fsp3) is 0.200.